The van der Waals surface area contributed by atoms with Crippen molar-refractivity contribution in [1.29, 1.82) is 0 Å². The van der Waals surface area contributed by atoms with E-state index >= 15 is 0 Å². The Morgan fingerprint density at radius 1 is 1.18 bits per heavy atom. The van der Waals surface area contributed by atoms with Gasteiger partial charge in [-0.25, -0.2) is 0 Å². The maximum atomic E-state index is 11.9. The van der Waals surface area contributed by atoms with Crippen LogP contribution >= 0.6 is 7.14 Å². The van der Waals surface area contributed by atoms with Crippen LogP contribution in [0.5, 0.6) is 0 Å². The van der Waals surface area contributed by atoms with Crippen LogP contribution in [0.15, 0.2) is 12.1 Å². The van der Waals surface area contributed by atoms with Crippen LogP contribution in [-0.4, -0.2) is 18.2 Å². The maximum absolute atomic E-state index is 11.9. The van der Waals surface area contributed by atoms with Crippen molar-refractivity contribution in [3.8, 4) is 0 Å². The molecule has 0 aliphatic carbocycles. The van der Waals surface area contributed by atoms with E-state index in [0.717, 1.165) is 23.4 Å². The molecule has 89 valence electrons. The summed E-state index contributed by atoms with van der Waals surface area (Å²) >= 11 is 0. The molecule has 0 heterocycles. The zero-order valence-corrected chi connectivity index (χ0v) is 14.1. The normalized spacial score (nSPS) is 13.4. The van der Waals surface area contributed by atoms with Crippen LogP contribution in [0.25, 0.3) is 0 Å². The quantitative estimate of drug-likeness (QED) is 0.634. The van der Waals surface area contributed by atoms with Crippen LogP contribution in [0.4, 0.5) is 0 Å². The molecule has 3 nitrogen and oxygen atoms in total. The second-order valence-electron chi connectivity index (χ2n) is 4.09. The van der Waals surface area contributed by atoms with E-state index in [0.29, 0.717) is 5.56 Å². The molecule has 0 spiro atoms. The summed E-state index contributed by atoms with van der Waals surface area (Å²) in [4.78, 5) is 22.4. The van der Waals surface area contributed by atoms with E-state index in [-0.39, 0.29) is 32.7 Å². The fourth-order valence-corrected chi connectivity index (χ4v) is 2.63. The molecule has 0 aliphatic heterocycles. The first-order chi connectivity index (χ1) is 7.29. The van der Waals surface area contributed by atoms with Crippen molar-refractivity contribution in [3.05, 3.63) is 34.4 Å². The molecular weight excluding hydrogens is 312 g/mol. The van der Waals surface area contributed by atoms with Gasteiger partial charge in [0.15, 0.2) is 5.52 Å². The van der Waals surface area contributed by atoms with Gasteiger partial charge in [-0.3, -0.25) is 4.79 Å². The van der Waals surface area contributed by atoms with Crippen LogP contribution < -0.4 is 0 Å². The predicted octanol–water partition coefficient (Wildman–Crippen LogP) is 2.81. The summed E-state index contributed by atoms with van der Waals surface area (Å²) in [7, 11) is -3.50. The number of benzene rings is 1. The van der Waals surface area contributed by atoms with Gasteiger partial charge >= 0.3 is 0 Å². The van der Waals surface area contributed by atoms with E-state index < -0.39 is 12.7 Å². The molecule has 0 bridgehead atoms. The molecule has 1 atom stereocenters. The molecular formula is C12H14O3PY-. The van der Waals surface area contributed by atoms with Gasteiger partial charge in [-0.05, 0) is 38.6 Å². The van der Waals surface area contributed by atoms with Crippen molar-refractivity contribution in [2.75, 3.05) is 6.66 Å². The topological polar surface area (TPSA) is 51.2 Å². The molecule has 1 radical (unpaired) electrons. The fraction of sp³-hybridized carbons (Fsp3) is 0.333. The Bertz CT molecular complexity index is 485. The van der Waals surface area contributed by atoms with E-state index in [2.05, 4.69) is 0 Å². The van der Waals surface area contributed by atoms with Crippen LogP contribution in [-0.2, 0) is 42.1 Å². The van der Waals surface area contributed by atoms with Gasteiger partial charge in [0, 0.05) is 38.3 Å². The summed E-state index contributed by atoms with van der Waals surface area (Å²) < 4.78 is 11.7. The molecule has 1 unspecified atom stereocenters. The second-order valence-corrected chi connectivity index (χ2v) is 6.53. The summed E-state index contributed by atoms with van der Waals surface area (Å²) in [6, 6.07) is 5.04. The molecule has 0 saturated heterocycles. The van der Waals surface area contributed by atoms with Crippen molar-refractivity contribution < 1.29 is 46.9 Å². The number of carbonyl (C=O) groups is 1. The zero-order chi connectivity index (χ0) is 12.5. The minimum atomic E-state index is -3.50. The molecule has 17 heavy (non-hydrogen) atoms. The Hall–Kier alpha value is -0.106. The van der Waals surface area contributed by atoms with E-state index in [1.165, 1.54) is 6.03 Å². The third-order valence-electron chi connectivity index (χ3n) is 2.45. The molecule has 0 amide bonds. The van der Waals surface area contributed by atoms with Crippen LogP contribution in [0, 0.1) is 20.8 Å². The number of hydrogen-bond acceptors (Lipinski definition) is 3. The second kappa shape index (κ2) is 6.18. The molecule has 0 aliphatic rings. The molecule has 5 heteroatoms. The van der Waals surface area contributed by atoms with Crippen molar-refractivity contribution in [2.45, 2.75) is 20.8 Å². The van der Waals surface area contributed by atoms with E-state index in [1.54, 1.807) is 13.8 Å². The number of hydrogen-bond donors (Lipinski definition) is 0. The van der Waals surface area contributed by atoms with Gasteiger partial charge < -0.3 is 9.36 Å². The van der Waals surface area contributed by atoms with Gasteiger partial charge in [-0.15, -0.1) is 0 Å². The molecule has 1 rings (SSSR count). The average molecular weight is 326 g/mol. The Morgan fingerprint density at radius 3 is 1.94 bits per heavy atom. The van der Waals surface area contributed by atoms with Gasteiger partial charge in [-0.2, -0.15) is 6.03 Å². The molecule has 0 saturated carbocycles. The summed E-state index contributed by atoms with van der Waals surface area (Å²) in [5, 5.41) is 0. The number of rotatable bonds is 3. The molecule has 0 aromatic heterocycles. The molecule has 0 N–H and O–H groups in total. The first kappa shape index (κ1) is 16.9. The van der Waals surface area contributed by atoms with Crippen LogP contribution in [0.2, 0.25) is 0 Å². The summed E-state index contributed by atoms with van der Waals surface area (Å²) in [6.45, 7) is 6.63. The van der Waals surface area contributed by atoms with Gasteiger partial charge in [0.2, 0.25) is 0 Å². The smallest absolute Gasteiger partial charge is 0.195 e. The average Bonchev–Trinajstić information content (AvgIpc) is 2.15. The third-order valence-corrected chi connectivity index (χ3v) is 3.80. The summed E-state index contributed by atoms with van der Waals surface area (Å²) in [6.07, 6.45) is 0. The third kappa shape index (κ3) is 3.68. The van der Waals surface area contributed by atoms with Crippen molar-refractivity contribution in [3.63, 3.8) is 0 Å². The molecule has 0 fully saturated rings. The van der Waals surface area contributed by atoms with Gasteiger partial charge in [-0.1, -0.05) is 17.7 Å². The van der Waals surface area contributed by atoms with Crippen molar-refractivity contribution in [1.82, 2.24) is 0 Å². The van der Waals surface area contributed by atoms with E-state index in [1.807, 2.05) is 19.1 Å². The maximum Gasteiger partial charge on any atom is 0.195 e. The number of aryl methyl sites for hydroxylation is 3. The minimum Gasteiger partial charge on any atom is -0.533 e. The molecule has 1 aromatic carbocycles. The van der Waals surface area contributed by atoms with E-state index in [4.69, 9.17) is 0 Å². The van der Waals surface area contributed by atoms with Crippen LogP contribution in [0.3, 0.4) is 0 Å². The van der Waals surface area contributed by atoms with Gasteiger partial charge in [0.1, 0.15) is 0 Å². The Morgan fingerprint density at radius 2 is 1.59 bits per heavy atom. The SMILES string of the molecule is Cc1cc(C)c(C(=O)P(C)(=O)[C-]=O)c(C)c1.[Y]. The van der Waals surface area contributed by atoms with Gasteiger partial charge in [0.25, 0.3) is 0 Å². The Kier molecular flexibility index (Phi) is 6.14. The minimum absolute atomic E-state index is 0. The monoisotopic (exact) mass is 326 g/mol. The Labute approximate surface area is 127 Å². The first-order valence-corrected chi connectivity index (χ1v) is 7.04. The van der Waals surface area contributed by atoms with Crippen molar-refractivity contribution >= 4 is 18.7 Å². The summed E-state index contributed by atoms with van der Waals surface area (Å²) in [5.74, 6) is 0. The zero-order valence-electron chi connectivity index (χ0n) is 10.4. The summed E-state index contributed by atoms with van der Waals surface area (Å²) in [5.41, 5.74) is 2.32. The predicted molar refractivity (Wildman–Crippen MR) is 64.2 cm³/mol. The molecule has 1 aromatic rings. The fourth-order valence-electron chi connectivity index (χ4n) is 1.77. The van der Waals surface area contributed by atoms with E-state index in [9.17, 15) is 14.2 Å². The number of carbonyl (C=O) groups excluding carboxylic acids is 2. The standard InChI is InChI=1S/C12H14O3P.Y/c1-8-5-9(2)11(10(3)6-8)12(14)16(4,15)7-13;/h5-6H,1-4H3;/q-1;. The largest absolute Gasteiger partial charge is 0.533 e. The first-order valence-electron chi connectivity index (χ1n) is 4.89. The van der Waals surface area contributed by atoms with Crippen molar-refractivity contribution in [2.24, 2.45) is 0 Å². The van der Waals surface area contributed by atoms with Crippen LogP contribution in [0.1, 0.15) is 27.0 Å². The Balaban J connectivity index is 0.00000256. The van der Waals surface area contributed by atoms with Gasteiger partial charge in [0.05, 0.1) is 7.14 Å².